The molecule has 0 bridgehead atoms. The van der Waals surface area contributed by atoms with Gasteiger partial charge in [-0.2, -0.15) is 0 Å². The first kappa shape index (κ1) is 20.3. The van der Waals surface area contributed by atoms with Crippen molar-refractivity contribution in [2.75, 3.05) is 38.3 Å². The molecule has 2 aliphatic rings. The van der Waals surface area contributed by atoms with E-state index < -0.39 is 12.1 Å². The summed E-state index contributed by atoms with van der Waals surface area (Å²) in [6, 6.07) is 17.6. The van der Waals surface area contributed by atoms with Crippen molar-refractivity contribution in [1.82, 2.24) is 9.88 Å². The lowest BCUT2D eigenvalue weighted by Gasteiger charge is -2.30. The van der Waals surface area contributed by atoms with Gasteiger partial charge in [0.1, 0.15) is 11.7 Å². The molecule has 1 atom stereocenters. The van der Waals surface area contributed by atoms with Crippen LogP contribution in [0.2, 0.25) is 0 Å². The first-order valence-corrected chi connectivity index (χ1v) is 10.7. The Kier molecular flexibility index (Phi) is 5.64. The first-order chi connectivity index (χ1) is 15.7. The van der Waals surface area contributed by atoms with Crippen LogP contribution in [0.5, 0.6) is 0 Å². The fourth-order valence-corrected chi connectivity index (χ4v) is 4.23. The molecular weight excluding hydrogens is 406 g/mol. The van der Waals surface area contributed by atoms with Crippen molar-refractivity contribution < 1.29 is 18.7 Å². The highest BCUT2D eigenvalue weighted by atomic mass is 16.5. The number of aromatic nitrogens is 1. The van der Waals surface area contributed by atoms with Gasteiger partial charge in [-0.25, -0.2) is 9.78 Å². The summed E-state index contributed by atoms with van der Waals surface area (Å²) in [6.07, 6.45) is 3.81. The molecule has 0 radical (unpaired) electrons. The molecule has 0 spiro atoms. The molecule has 1 unspecified atom stereocenters. The molecule has 2 aromatic carbocycles. The number of carbonyl (C=O) groups is 1. The zero-order valence-corrected chi connectivity index (χ0v) is 17.9. The molecule has 164 valence electrons. The number of methoxy groups -OCH3 is 1. The number of amides is 1. The number of rotatable bonds is 4. The second-order valence-electron chi connectivity index (χ2n) is 7.79. The van der Waals surface area contributed by atoms with Gasteiger partial charge >= 0.3 is 6.09 Å². The fourth-order valence-electron chi connectivity index (χ4n) is 4.23. The number of fused-ring (bicyclic) bond motifs is 1. The number of ether oxygens (including phenoxy) is 2. The minimum Gasteiger partial charge on any atom is -0.452 e. The van der Waals surface area contributed by atoms with Crippen molar-refractivity contribution in [1.29, 1.82) is 0 Å². The maximum Gasteiger partial charge on any atom is 0.414 e. The van der Waals surface area contributed by atoms with Gasteiger partial charge in [0.25, 0.3) is 0 Å². The van der Waals surface area contributed by atoms with Gasteiger partial charge in [0.05, 0.1) is 20.3 Å². The Morgan fingerprint density at radius 2 is 1.84 bits per heavy atom. The summed E-state index contributed by atoms with van der Waals surface area (Å²) in [5, 5.41) is 0. The van der Waals surface area contributed by atoms with Crippen LogP contribution in [0.1, 0.15) is 34.3 Å². The van der Waals surface area contributed by atoms with Gasteiger partial charge in [-0.15, -0.1) is 0 Å². The van der Waals surface area contributed by atoms with E-state index in [1.54, 1.807) is 6.20 Å². The SMILES string of the molecule is COC(=O)N1C=Cc2ccccc2C1c1nc(Cc2ccccc2)c(N2CCOCC2)o1. The summed E-state index contributed by atoms with van der Waals surface area (Å²) >= 11 is 0. The molecule has 7 heteroatoms. The van der Waals surface area contributed by atoms with Crippen LogP contribution in [0.3, 0.4) is 0 Å². The van der Waals surface area contributed by atoms with Crippen LogP contribution < -0.4 is 4.90 Å². The predicted molar refractivity (Wildman–Crippen MR) is 120 cm³/mol. The Bertz CT molecular complexity index is 1120. The normalized spacial score (nSPS) is 17.8. The third-order valence-corrected chi connectivity index (χ3v) is 5.81. The standard InChI is InChI=1S/C25H25N3O4/c1-30-25(29)28-12-11-19-9-5-6-10-20(19)22(28)23-26-21(17-18-7-3-2-4-8-18)24(32-23)27-13-15-31-16-14-27/h2-12,22H,13-17H2,1H3. The van der Waals surface area contributed by atoms with E-state index in [1.165, 1.54) is 12.0 Å². The van der Waals surface area contributed by atoms with Crippen LogP contribution in [-0.2, 0) is 15.9 Å². The van der Waals surface area contributed by atoms with Crippen molar-refractivity contribution in [2.24, 2.45) is 0 Å². The number of nitrogens with zero attached hydrogens (tertiary/aromatic N) is 3. The van der Waals surface area contributed by atoms with Gasteiger partial charge in [0.15, 0.2) is 0 Å². The smallest absolute Gasteiger partial charge is 0.414 e. The highest BCUT2D eigenvalue weighted by Crippen LogP contribution is 2.38. The molecule has 3 aromatic rings. The highest BCUT2D eigenvalue weighted by Gasteiger charge is 2.35. The third kappa shape index (κ3) is 3.87. The lowest BCUT2D eigenvalue weighted by molar-refractivity contribution is 0.119. The molecule has 5 rings (SSSR count). The number of oxazole rings is 1. The Hall–Kier alpha value is -3.58. The number of hydrogen-bond donors (Lipinski definition) is 0. The largest absolute Gasteiger partial charge is 0.452 e. The van der Waals surface area contributed by atoms with Gasteiger partial charge < -0.3 is 18.8 Å². The maximum atomic E-state index is 12.6. The molecule has 1 fully saturated rings. The Morgan fingerprint density at radius 3 is 2.62 bits per heavy atom. The summed E-state index contributed by atoms with van der Waals surface area (Å²) in [6.45, 7) is 2.75. The molecule has 1 saturated heterocycles. The summed E-state index contributed by atoms with van der Waals surface area (Å²) in [5.74, 6) is 1.21. The molecule has 2 aliphatic heterocycles. The van der Waals surface area contributed by atoms with Gasteiger partial charge in [-0.3, -0.25) is 4.90 Å². The minimum absolute atomic E-state index is 0.462. The zero-order chi connectivity index (χ0) is 21.9. The number of hydrogen-bond acceptors (Lipinski definition) is 6. The Balaban J connectivity index is 1.59. The maximum absolute atomic E-state index is 12.6. The average molecular weight is 431 g/mol. The topological polar surface area (TPSA) is 68.0 Å². The van der Waals surface area contributed by atoms with E-state index in [2.05, 4.69) is 17.0 Å². The Morgan fingerprint density at radius 1 is 1.09 bits per heavy atom. The van der Waals surface area contributed by atoms with E-state index >= 15 is 0 Å². The van der Waals surface area contributed by atoms with Crippen molar-refractivity contribution in [3.63, 3.8) is 0 Å². The zero-order valence-electron chi connectivity index (χ0n) is 17.9. The molecule has 1 aromatic heterocycles. The van der Waals surface area contributed by atoms with Crippen LogP contribution in [0.25, 0.3) is 6.08 Å². The lowest BCUT2D eigenvalue weighted by atomic mass is 9.96. The van der Waals surface area contributed by atoms with Crippen molar-refractivity contribution in [3.8, 4) is 0 Å². The predicted octanol–water partition coefficient (Wildman–Crippen LogP) is 4.24. The molecule has 3 heterocycles. The molecule has 1 amide bonds. The molecule has 0 N–H and O–H groups in total. The summed E-state index contributed by atoms with van der Waals surface area (Å²) < 4.78 is 17.0. The summed E-state index contributed by atoms with van der Waals surface area (Å²) in [7, 11) is 1.38. The molecule has 7 nitrogen and oxygen atoms in total. The van der Waals surface area contributed by atoms with E-state index in [0.717, 1.165) is 41.4 Å². The quantitative estimate of drug-likeness (QED) is 0.615. The van der Waals surface area contributed by atoms with Crippen LogP contribution in [0.4, 0.5) is 10.7 Å². The van der Waals surface area contributed by atoms with E-state index in [-0.39, 0.29) is 0 Å². The number of morpholine rings is 1. The molecule has 32 heavy (non-hydrogen) atoms. The number of anilines is 1. The minimum atomic E-state index is -0.507. The van der Waals surface area contributed by atoms with Crippen molar-refractivity contribution in [2.45, 2.75) is 12.5 Å². The third-order valence-electron chi connectivity index (χ3n) is 5.81. The second-order valence-corrected chi connectivity index (χ2v) is 7.79. The molecule has 0 saturated carbocycles. The lowest BCUT2D eigenvalue weighted by Crippen LogP contribution is -2.36. The Labute approximate surface area is 186 Å². The molecular formula is C25H25N3O4. The number of benzene rings is 2. The van der Waals surface area contributed by atoms with E-state index in [9.17, 15) is 4.79 Å². The first-order valence-electron chi connectivity index (χ1n) is 10.7. The van der Waals surface area contributed by atoms with Crippen LogP contribution in [0, 0.1) is 0 Å². The number of carbonyl (C=O) groups excluding carboxylic acids is 1. The second kappa shape index (κ2) is 8.88. The van der Waals surface area contributed by atoms with Crippen LogP contribution in [0.15, 0.2) is 65.2 Å². The highest BCUT2D eigenvalue weighted by molar-refractivity contribution is 5.74. The van der Waals surface area contributed by atoms with E-state index in [1.807, 2.05) is 48.5 Å². The monoisotopic (exact) mass is 431 g/mol. The van der Waals surface area contributed by atoms with Gasteiger partial charge in [-0.1, -0.05) is 54.6 Å². The van der Waals surface area contributed by atoms with E-state index in [4.69, 9.17) is 18.9 Å². The molecule has 0 aliphatic carbocycles. The van der Waals surface area contributed by atoms with Gasteiger partial charge in [-0.05, 0) is 22.8 Å². The van der Waals surface area contributed by atoms with Gasteiger partial charge in [0.2, 0.25) is 11.8 Å². The summed E-state index contributed by atoms with van der Waals surface area (Å²) in [5.41, 5.74) is 3.97. The fraction of sp³-hybridized carbons (Fsp3) is 0.280. The summed E-state index contributed by atoms with van der Waals surface area (Å²) in [4.78, 5) is 21.2. The van der Waals surface area contributed by atoms with E-state index in [0.29, 0.717) is 25.5 Å². The van der Waals surface area contributed by atoms with Crippen molar-refractivity contribution >= 4 is 18.1 Å². The average Bonchev–Trinajstić information content (AvgIpc) is 3.27. The van der Waals surface area contributed by atoms with Crippen LogP contribution in [-0.4, -0.2) is 49.4 Å². The van der Waals surface area contributed by atoms with Crippen molar-refractivity contribution in [3.05, 3.63) is 89.1 Å². The van der Waals surface area contributed by atoms with Crippen LogP contribution >= 0.6 is 0 Å². The van der Waals surface area contributed by atoms with Gasteiger partial charge in [0, 0.05) is 25.7 Å².